The highest BCUT2D eigenvalue weighted by Crippen LogP contribution is 2.27. The molecular formula is C10H10FNO. The molecule has 0 spiro atoms. The number of halogens is 1. The number of benzene rings is 1. The van der Waals surface area contributed by atoms with E-state index in [1.807, 2.05) is 6.07 Å². The second-order valence-corrected chi connectivity index (χ2v) is 2.80. The Morgan fingerprint density at radius 3 is 2.46 bits per heavy atom. The van der Waals surface area contributed by atoms with Gasteiger partial charge >= 0.3 is 0 Å². The van der Waals surface area contributed by atoms with E-state index in [2.05, 4.69) is 0 Å². The molecule has 0 amide bonds. The first-order chi connectivity index (χ1) is 6.11. The number of ether oxygens (including phenoxy) is 1. The fourth-order valence-corrected chi connectivity index (χ4v) is 1.28. The number of hydrogen-bond acceptors (Lipinski definition) is 2. The van der Waals surface area contributed by atoms with Crippen molar-refractivity contribution in [2.75, 3.05) is 7.11 Å². The third kappa shape index (κ3) is 1.48. The summed E-state index contributed by atoms with van der Waals surface area (Å²) in [5.41, 5.74) is 1.45. The molecule has 0 unspecified atom stereocenters. The molecule has 2 nitrogen and oxygen atoms in total. The lowest BCUT2D eigenvalue weighted by molar-refractivity contribution is 0.404. The van der Waals surface area contributed by atoms with E-state index in [0.717, 1.165) is 0 Å². The van der Waals surface area contributed by atoms with Crippen LogP contribution in [-0.4, -0.2) is 7.11 Å². The summed E-state index contributed by atoms with van der Waals surface area (Å²) in [5, 5.41) is 8.68. The summed E-state index contributed by atoms with van der Waals surface area (Å²) in [4.78, 5) is 0. The molecule has 0 atom stereocenters. The largest absolute Gasteiger partial charge is 0.496 e. The van der Waals surface area contributed by atoms with Gasteiger partial charge in [0.05, 0.1) is 18.7 Å². The number of rotatable bonds is 1. The highest BCUT2D eigenvalue weighted by atomic mass is 19.1. The van der Waals surface area contributed by atoms with Crippen molar-refractivity contribution in [1.29, 1.82) is 5.26 Å². The Kier molecular flexibility index (Phi) is 2.52. The molecule has 1 rings (SSSR count). The summed E-state index contributed by atoms with van der Waals surface area (Å²) >= 11 is 0. The van der Waals surface area contributed by atoms with E-state index in [-0.39, 0.29) is 0 Å². The molecule has 0 N–H and O–H groups in total. The molecule has 0 saturated heterocycles. The van der Waals surface area contributed by atoms with E-state index < -0.39 is 5.82 Å². The van der Waals surface area contributed by atoms with E-state index in [9.17, 15) is 4.39 Å². The molecule has 0 bridgehead atoms. The lowest BCUT2D eigenvalue weighted by atomic mass is 10.0. The van der Waals surface area contributed by atoms with Crippen LogP contribution in [0.2, 0.25) is 0 Å². The second kappa shape index (κ2) is 3.44. The summed E-state index contributed by atoms with van der Waals surface area (Å²) in [6, 6.07) is 3.15. The van der Waals surface area contributed by atoms with Crippen LogP contribution >= 0.6 is 0 Å². The normalized spacial score (nSPS) is 9.46. The van der Waals surface area contributed by atoms with Gasteiger partial charge in [0.25, 0.3) is 0 Å². The number of nitrogens with zero attached hydrogens (tertiary/aromatic N) is 1. The Hall–Kier alpha value is -1.56. The van der Waals surface area contributed by atoms with Crippen molar-refractivity contribution in [3.63, 3.8) is 0 Å². The lowest BCUT2D eigenvalue weighted by Gasteiger charge is -2.09. The van der Waals surface area contributed by atoms with Crippen LogP contribution in [0, 0.1) is 31.0 Å². The molecule has 0 radical (unpaired) electrons. The Morgan fingerprint density at radius 2 is 2.00 bits per heavy atom. The predicted octanol–water partition coefficient (Wildman–Crippen LogP) is 2.32. The quantitative estimate of drug-likeness (QED) is 0.662. The monoisotopic (exact) mass is 179 g/mol. The van der Waals surface area contributed by atoms with Gasteiger partial charge in [0.15, 0.2) is 0 Å². The molecule has 3 heteroatoms. The highest BCUT2D eigenvalue weighted by molar-refractivity contribution is 5.50. The third-order valence-electron chi connectivity index (χ3n) is 2.04. The molecule has 13 heavy (non-hydrogen) atoms. The van der Waals surface area contributed by atoms with Gasteiger partial charge in [-0.25, -0.2) is 4.39 Å². The van der Waals surface area contributed by atoms with Crippen LogP contribution in [0.5, 0.6) is 5.75 Å². The van der Waals surface area contributed by atoms with Crippen LogP contribution in [0.15, 0.2) is 6.07 Å². The van der Waals surface area contributed by atoms with Crippen molar-refractivity contribution in [3.05, 3.63) is 28.6 Å². The molecule has 1 aromatic rings. The summed E-state index contributed by atoms with van der Waals surface area (Å²) in [6.45, 7) is 3.37. The molecule has 0 heterocycles. The maximum absolute atomic E-state index is 13.2. The van der Waals surface area contributed by atoms with Gasteiger partial charge in [-0.15, -0.1) is 0 Å². The zero-order valence-electron chi connectivity index (χ0n) is 7.81. The second-order valence-electron chi connectivity index (χ2n) is 2.80. The van der Waals surface area contributed by atoms with Crippen molar-refractivity contribution >= 4 is 0 Å². The molecule has 1 aromatic carbocycles. The fraction of sp³-hybridized carbons (Fsp3) is 0.300. The fourth-order valence-electron chi connectivity index (χ4n) is 1.28. The van der Waals surface area contributed by atoms with Crippen molar-refractivity contribution in [2.24, 2.45) is 0 Å². The smallest absolute Gasteiger partial charge is 0.131 e. The van der Waals surface area contributed by atoms with Crippen molar-refractivity contribution in [2.45, 2.75) is 13.8 Å². The van der Waals surface area contributed by atoms with E-state index in [1.54, 1.807) is 13.8 Å². The molecule has 0 fully saturated rings. The summed E-state index contributed by atoms with van der Waals surface area (Å²) in [6.07, 6.45) is 0. The van der Waals surface area contributed by atoms with Crippen LogP contribution in [0.3, 0.4) is 0 Å². The van der Waals surface area contributed by atoms with Gasteiger partial charge in [-0.3, -0.25) is 0 Å². The SMILES string of the molecule is COc1c(C)c(F)cc(C#N)c1C. The van der Waals surface area contributed by atoms with Crippen molar-refractivity contribution in [1.82, 2.24) is 0 Å². The van der Waals surface area contributed by atoms with Crippen LogP contribution in [0.1, 0.15) is 16.7 Å². The number of hydrogen-bond donors (Lipinski definition) is 0. The Balaban J connectivity index is 3.50. The van der Waals surface area contributed by atoms with Crippen LogP contribution in [0.4, 0.5) is 4.39 Å². The molecule has 0 saturated carbocycles. The minimum absolute atomic E-state index is 0.319. The van der Waals surface area contributed by atoms with Gasteiger partial charge in [-0.2, -0.15) is 5.26 Å². The van der Waals surface area contributed by atoms with Gasteiger partial charge in [0.1, 0.15) is 11.6 Å². The minimum atomic E-state index is -0.404. The Labute approximate surface area is 76.6 Å². The maximum atomic E-state index is 13.2. The van der Waals surface area contributed by atoms with E-state index >= 15 is 0 Å². The molecule has 0 aliphatic rings. The molecule has 0 aromatic heterocycles. The molecular weight excluding hydrogens is 169 g/mol. The average molecular weight is 179 g/mol. The molecule has 0 aliphatic carbocycles. The van der Waals surface area contributed by atoms with Crippen LogP contribution < -0.4 is 4.74 Å². The maximum Gasteiger partial charge on any atom is 0.131 e. The first kappa shape index (κ1) is 9.53. The first-order valence-electron chi connectivity index (χ1n) is 3.85. The van der Waals surface area contributed by atoms with Gasteiger partial charge in [0, 0.05) is 11.1 Å². The van der Waals surface area contributed by atoms with Crippen molar-refractivity contribution in [3.8, 4) is 11.8 Å². The topological polar surface area (TPSA) is 33.0 Å². The van der Waals surface area contributed by atoms with Gasteiger partial charge in [-0.05, 0) is 19.9 Å². The van der Waals surface area contributed by atoms with Crippen LogP contribution in [0.25, 0.3) is 0 Å². The highest BCUT2D eigenvalue weighted by Gasteiger charge is 2.12. The number of methoxy groups -OCH3 is 1. The Bertz CT molecular complexity index is 379. The first-order valence-corrected chi connectivity index (χ1v) is 3.85. The van der Waals surface area contributed by atoms with E-state index in [4.69, 9.17) is 10.00 Å². The number of nitriles is 1. The minimum Gasteiger partial charge on any atom is -0.496 e. The third-order valence-corrected chi connectivity index (χ3v) is 2.04. The zero-order chi connectivity index (χ0) is 10.0. The Morgan fingerprint density at radius 1 is 1.38 bits per heavy atom. The van der Waals surface area contributed by atoms with Crippen molar-refractivity contribution < 1.29 is 9.13 Å². The summed E-state index contributed by atoms with van der Waals surface area (Å²) in [7, 11) is 1.47. The van der Waals surface area contributed by atoms with Gasteiger partial charge in [0.2, 0.25) is 0 Å². The van der Waals surface area contributed by atoms with Gasteiger partial charge in [-0.1, -0.05) is 0 Å². The van der Waals surface area contributed by atoms with E-state index in [1.165, 1.54) is 13.2 Å². The molecule has 68 valence electrons. The predicted molar refractivity (Wildman–Crippen MR) is 47.1 cm³/mol. The summed E-state index contributed by atoms with van der Waals surface area (Å²) in [5.74, 6) is 0.0514. The van der Waals surface area contributed by atoms with Gasteiger partial charge < -0.3 is 4.74 Å². The zero-order valence-corrected chi connectivity index (χ0v) is 7.81. The molecule has 0 aliphatic heterocycles. The standard InChI is InChI=1S/C10H10FNO/c1-6-8(5-12)4-9(11)7(2)10(6)13-3/h4H,1-3H3. The average Bonchev–Trinajstić information content (AvgIpc) is 2.12. The van der Waals surface area contributed by atoms with Crippen LogP contribution in [-0.2, 0) is 0 Å². The lowest BCUT2D eigenvalue weighted by Crippen LogP contribution is -1.97. The summed E-state index contributed by atoms with van der Waals surface area (Å²) < 4.78 is 18.2. The van der Waals surface area contributed by atoms with E-state index in [0.29, 0.717) is 22.4 Å².